The van der Waals surface area contributed by atoms with Crippen LogP contribution in [0.5, 0.6) is 0 Å². The SMILES string of the molecule is CC(C)c1ccc(-c2noc(CN(C)CCO)n2)cc1. The van der Waals surface area contributed by atoms with E-state index in [0.717, 1.165) is 5.56 Å². The van der Waals surface area contributed by atoms with Gasteiger partial charge in [-0.1, -0.05) is 43.3 Å². The van der Waals surface area contributed by atoms with Gasteiger partial charge in [0.2, 0.25) is 11.7 Å². The topological polar surface area (TPSA) is 62.4 Å². The van der Waals surface area contributed by atoms with Crippen molar-refractivity contribution in [3.8, 4) is 11.4 Å². The lowest BCUT2D eigenvalue weighted by Crippen LogP contribution is -2.21. The van der Waals surface area contributed by atoms with Crippen molar-refractivity contribution in [3.05, 3.63) is 35.7 Å². The molecule has 0 spiro atoms. The summed E-state index contributed by atoms with van der Waals surface area (Å²) in [5, 5.41) is 12.9. The molecule has 0 saturated carbocycles. The largest absolute Gasteiger partial charge is 0.395 e. The third-order valence-electron chi connectivity index (χ3n) is 3.19. The number of benzene rings is 1. The van der Waals surface area contributed by atoms with Crippen LogP contribution in [-0.2, 0) is 6.54 Å². The van der Waals surface area contributed by atoms with Crippen LogP contribution in [0, 0.1) is 0 Å². The van der Waals surface area contributed by atoms with Gasteiger partial charge in [0.05, 0.1) is 13.2 Å². The lowest BCUT2D eigenvalue weighted by molar-refractivity contribution is 0.200. The van der Waals surface area contributed by atoms with Gasteiger partial charge in [-0.25, -0.2) is 0 Å². The van der Waals surface area contributed by atoms with Crippen molar-refractivity contribution in [1.29, 1.82) is 0 Å². The molecule has 20 heavy (non-hydrogen) atoms. The Kier molecular flexibility index (Phi) is 4.87. The van der Waals surface area contributed by atoms with E-state index in [-0.39, 0.29) is 6.61 Å². The summed E-state index contributed by atoms with van der Waals surface area (Å²) in [6, 6.07) is 8.21. The molecule has 1 aromatic heterocycles. The molecule has 0 atom stereocenters. The smallest absolute Gasteiger partial charge is 0.241 e. The zero-order valence-electron chi connectivity index (χ0n) is 12.2. The van der Waals surface area contributed by atoms with Crippen molar-refractivity contribution in [3.63, 3.8) is 0 Å². The summed E-state index contributed by atoms with van der Waals surface area (Å²) < 4.78 is 5.23. The van der Waals surface area contributed by atoms with Gasteiger partial charge < -0.3 is 9.63 Å². The summed E-state index contributed by atoms with van der Waals surface area (Å²) >= 11 is 0. The molecule has 0 amide bonds. The maximum absolute atomic E-state index is 8.86. The highest BCUT2D eigenvalue weighted by molar-refractivity contribution is 5.54. The quantitative estimate of drug-likeness (QED) is 0.876. The number of likely N-dealkylation sites (N-methyl/N-ethyl adjacent to an activating group) is 1. The number of nitrogens with zero attached hydrogens (tertiary/aromatic N) is 3. The van der Waals surface area contributed by atoms with Crippen LogP contribution in [0.1, 0.15) is 31.2 Å². The fraction of sp³-hybridized carbons (Fsp3) is 0.467. The first kappa shape index (κ1) is 14.7. The number of aliphatic hydroxyl groups is 1. The molecule has 0 aliphatic carbocycles. The van der Waals surface area contributed by atoms with E-state index in [1.807, 2.05) is 24.1 Å². The lowest BCUT2D eigenvalue weighted by Gasteiger charge is -2.10. The van der Waals surface area contributed by atoms with Crippen LogP contribution in [0.2, 0.25) is 0 Å². The van der Waals surface area contributed by atoms with Gasteiger partial charge in [0.15, 0.2) is 0 Å². The van der Waals surface area contributed by atoms with Crippen LogP contribution < -0.4 is 0 Å². The summed E-state index contributed by atoms with van der Waals surface area (Å²) in [4.78, 5) is 6.31. The normalized spacial score (nSPS) is 11.5. The second-order valence-electron chi connectivity index (χ2n) is 5.25. The van der Waals surface area contributed by atoms with E-state index < -0.39 is 0 Å². The molecule has 0 bridgehead atoms. The van der Waals surface area contributed by atoms with Crippen molar-refractivity contribution < 1.29 is 9.63 Å². The minimum Gasteiger partial charge on any atom is -0.395 e. The molecular weight excluding hydrogens is 254 g/mol. The molecule has 1 N–H and O–H groups in total. The minimum atomic E-state index is 0.119. The Balaban J connectivity index is 2.08. The zero-order valence-corrected chi connectivity index (χ0v) is 12.2. The van der Waals surface area contributed by atoms with E-state index in [1.165, 1.54) is 5.56 Å². The second kappa shape index (κ2) is 6.63. The highest BCUT2D eigenvalue weighted by Crippen LogP contribution is 2.20. The van der Waals surface area contributed by atoms with Crippen LogP contribution in [0.3, 0.4) is 0 Å². The van der Waals surface area contributed by atoms with Crippen LogP contribution in [-0.4, -0.2) is 40.3 Å². The van der Waals surface area contributed by atoms with E-state index in [4.69, 9.17) is 9.63 Å². The van der Waals surface area contributed by atoms with Crippen LogP contribution in [0.15, 0.2) is 28.8 Å². The van der Waals surface area contributed by atoms with Crippen LogP contribution in [0.25, 0.3) is 11.4 Å². The molecule has 0 aliphatic heterocycles. The minimum absolute atomic E-state index is 0.119. The number of aromatic nitrogens is 2. The fourth-order valence-electron chi connectivity index (χ4n) is 1.93. The Morgan fingerprint density at radius 2 is 1.95 bits per heavy atom. The zero-order chi connectivity index (χ0) is 14.5. The Morgan fingerprint density at radius 3 is 2.55 bits per heavy atom. The maximum atomic E-state index is 8.86. The van der Waals surface area contributed by atoms with Crippen molar-refractivity contribution in [2.24, 2.45) is 0 Å². The average molecular weight is 275 g/mol. The number of hydrogen-bond donors (Lipinski definition) is 1. The van der Waals surface area contributed by atoms with E-state index in [9.17, 15) is 0 Å². The summed E-state index contributed by atoms with van der Waals surface area (Å²) in [6.45, 7) is 5.57. The Bertz CT molecular complexity index is 534. The third-order valence-corrected chi connectivity index (χ3v) is 3.19. The molecule has 0 aliphatic rings. The van der Waals surface area contributed by atoms with Gasteiger partial charge >= 0.3 is 0 Å². The molecule has 2 aromatic rings. The molecule has 0 saturated heterocycles. The van der Waals surface area contributed by atoms with Gasteiger partial charge in [-0.2, -0.15) is 4.98 Å². The molecule has 5 nitrogen and oxygen atoms in total. The Hall–Kier alpha value is -1.72. The molecule has 1 aromatic carbocycles. The molecule has 0 fully saturated rings. The fourth-order valence-corrected chi connectivity index (χ4v) is 1.93. The molecule has 108 valence electrons. The molecule has 2 rings (SSSR count). The van der Waals surface area contributed by atoms with Gasteiger partial charge in [0, 0.05) is 12.1 Å². The number of rotatable bonds is 6. The third kappa shape index (κ3) is 3.65. The summed E-state index contributed by atoms with van der Waals surface area (Å²) in [5.74, 6) is 1.67. The molecule has 0 unspecified atom stereocenters. The van der Waals surface area contributed by atoms with Gasteiger partial charge in [0.25, 0.3) is 0 Å². The average Bonchev–Trinajstić information content (AvgIpc) is 2.87. The van der Waals surface area contributed by atoms with Gasteiger partial charge in [-0.05, 0) is 18.5 Å². The standard InChI is InChI=1S/C15H21N3O2/c1-11(2)12-4-6-13(7-5-12)15-16-14(20-17-15)10-18(3)8-9-19/h4-7,11,19H,8-10H2,1-3H3. The van der Waals surface area contributed by atoms with E-state index in [2.05, 4.69) is 36.1 Å². The molecule has 1 heterocycles. The van der Waals surface area contributed by atoms with Crippen LogP contribution in [0.4, 0.5) is 0 Å². The second-order valence-corrected chi connectivity index (χ2v) is 5.25. The number of aliphatic hydroxyl groups excluding tert-OH is 1. The summed E-state index contributed by atoms with van der Waals surface area (Å²) in [5.41, 5.74) is 2.24. The van der Waals surface area contributed by atoms with Crippen LogP contribution >= 0.6 is 0 Å². The summed E-state index contributed by atoms with van der Waals surface area (Å²) in [7, 11) is 1.90. The molecule has 5 heteroatoms. The Labute approximate surface area is 119 Å². The molecule has 0 radical (unpaired) electrons. The van der Waals surface area contributed by atoms with E-state index in [0.29, 0.717) is 30.7 Å². The van der Waals surface area contributed by atoms with Crippen molar-refractivity contribution in [2.45, 2.75) is 26.3 Å². The van der Waals surface area contributed by atoms with Crippen molar-refractivity contribution in [2.75, 3.05) is 20.2 Å². The van der Waals surface area contributed by atoms with Gasteiger partial charge in [-0.3, -0.25) is 4.90 Å². The first-order chi connectivity index (χ1) is 9.60. The van der Waals surface area contributed by atoms with Gasteiger partial charge in [0.1, 0.15) is 0 Å². The maximum Gasteiger partial charge on any atom is 0.241 e. The molecular formula is C15H21N3O2. The predicted molar refractivity (Wildman–Crippen MR) is 77.2 cm³/mol. The Morgan fingerprint density at radius 1 is 1.25 bits per heavy atom. The highest BCUT2D eigenvalue weighted by Gasteiger charge is 2.10. The first-order valence-corrected chi connectivity index (χ1v) is 6.82. The van der Waals surface area contributed by atoms with E-state index in [1.54, 1.807) is 0 Å². The predicted octanol–water partition coefficient (Wildman–Crippen LogP) is 2.28. The van der Waals surface area contributed by atoms with Crippen molar-refractivity contribution >= 4 is 0 Å². The highest BCUT2D eigenvalue weighted by atomic mass is 16.5. The number of hydrogen-bond acceptors (Lipinski definition) is 5. The first-order valence-electron chi connectivity index (χ1n) is 6.82. The lowest BCUT2D eigenvalue weighted by atomic mass is 10.0. The van der Waals surface area contributed by atoms with Crippen molar-refractivity contribution in [1.82, 2.24) is 15.0 Å². The summed E-state index contributed by atoms with van der Waals surface area (Å²) in [6.07, 6.45) is 0. The monoisotopic (exact) mass is 275 g/mol. The van der Waals surface area contributed by atoms with Gasteiger partial charge in [-0.15, -0.1) is 0 Å². The van der Waals surface area contributed by atoms with E-state index >= 15 is 0 Å².